The molecule has 2 aromatic carbocycles. The minimum absolute atomic E-state index is 0.00579. The Morgan fingerprint density at radius 2 is 1.88 bits per heavy atom. The van der Waals surface area contributed by atoms with Crippen LogP contribution in [0.25, 0.3) is 10.9 Å². The van der Waals surface area contributed by atoms with Crippen molar-refractivity contribution in [1.29, 1.82) is 0 Å². The first-order valence-corrected chi connectivity index (χ1v) is 8.10. The molecular formula is C19H17N3O4. The van der Waals surface area contributed by atoms with E-state index >= 15 is 0 Å². The topological polar surface area (TPSA) is 94.4 Å². The second-order valence-corrected chi connectivity index (χ2v) is 5.63. The zero-order chi connectivity index (χ0) is 18.4. The number of non-ortho nitro benzene ring substituents is 1. The quantitative estimate of drug-likeness (QED) is 0.401. The normalized spacial score (nSPS) is 10.5. The molecule has 7 heteroatoms. The molecule has 3 rings (SSSR count). The molecular weight excluding hydrogens is 334 g/mol. The zero-order valence-corrected chi connectivity index (χ0v) is 13.9. The molecule has 1 amide bonds. The summed E-state index contributed by atoms with van der Waals surface area (Å²) in [4.78, 5) is 26.4. The van der Waals surface area contributed by atoms with Gasteiger partial charge in [0.15, 0.2) is 0 Å². The number of nitro benzene ring substituents is 1. The summed E-state index contributed by atoms with van der Waals surface area (Å²) >= 11 is 0. The van der Waals surface area contributed by atoms with Crippen LogP contribution < -0.4 is 10.1 Å². The number of benzene rings is 2. The summed E-state index contributed by atoms with van der Waals surface area (Å²) in [7, 11) is 0. The summed E-state index contributed by atoms with van der Waals surface area (Å²) in [6.45, 7) is 0.677. The van der Waals surface area contributed by atoms with Gasteiger partial charge in [-0.1, -0.05) is 30.3 Å². The lowest BCUT2D eigenvalue weighted by Gasteiger charge is -2.09. The van der Waals surface area contributed by atoms with E-state index in [-0.39, 0.29) is 18.0 Å². The van der Waals surface area contributed by atoms with Gasteiger partial charge < -0.3 is 10.1 Å². The summed E-state index contributed by atoms with van der Waals surface area (Å²) in [5.74, 6) is 0.506. The van der Waals surface area contributed by atoms with Crippen molar-refractivity contribution in [2.24, 2.45) is 0 Å². The van der Waals surface area contributed by atoms with Crippen LogP contribution in [0.4, 0.5) is 5.69 Å². The molecule has 0 radical (unpaired) electrons. The number of hydrogen-bond donors (Lipinski definition) is 1. The molecule has 0 aliphatic carbocycles. The van der Waals surface area contributed by atoms with Crippen molar-refractivity contribution in [3.05, 3.63) is 76.5 Å². The second-order valence-electron chi connectivity index (χ2n) is 5.63. The van der Waals surface area contributed by atoms with Gasteiger partial charge in [0.05, 0.1) is 17.9 Å². The Bertz CT molecular complexity index is 920. The van der Waals surface area contributed by atoms with Gasteiger partial charge in [-0.25, -0.2) is 0 Å². The molecule has 0 fully saturated rings. The molecule has 26 heavy (non-hydrogen) atoms. The molecule has 0 spiro atoms. The van der Waals surface area contributed by atoms with Crippen molar-refractivity contribution in [3.8, 4) is 5.75 Å². The first-order chi connectivity index (χ1) is 12.6. The standard InChI is InChI=1S/C19H17N3O4/c23-18(13-14-6-8-16(9-7-14)22(24)25)20-11-12-26-17-5-1-3-15-4-2-10-21-19(15)17/h1-10H,11-13H2,(H,20,23). The average molecular weight is 351 g/mol. The number of carbonyl (C=O) groups excluding carboxylic acids is 1. The lowest BCUT2D eigenvalue weighted by molar-refractivity contribution is -0.384. The van der Waals surface area contributed by atoms with Crippen LogP contribution in [0.3, 0.4) is 0 Å². The highest BCUT2D eigenvalue weighted by atomic mass is 16.6. The maximum Gasteiger partial charge on any atom is 0.269 e. The largest absolute Gasteiger partial charge is 0.489 e. The van der Waals surface area contributed by atoms with Crippen LogP contribution in [0.1, 0.15) is 5.56 Å². The molecule has 3 aromatic rings. The molecule has 0 aliphatic heterocycles. The fraction of sp³-hybridized carbons (Fsp3) is 0.158. The Morgan fingerprint density at radius 1 is 1.12 bits per heavy atom. The smallest absolute Gasteiger partial charge is 0.269 e. The fourth-order valence-corrected chi connectivity index (χ4v) is 2.53. The van der Waals surface area contributed by atoms with Crippen LogP contribution in [-0.2, 0) is 11.2 Å². The molecule has 0 unspecified atom stereocenters. The van der Waals surface area contributed by atoms with Gasteiger partial charge in [0.25, 0.3) is 5.69 Å². The van der Waals surface area contributed by atoms with Crippen LogP contribution in [0.5, 0.6) is 5.75 Å². The average Bonchev–Trinajstić information content (AvgIpc) is 2.66. The number of fused-ring (bicyclic) bond motifs is 1. The van der Waals surface area contributed by atoms with E-state index in [4.69, 9.17) is 4.74 Å². The predicted octanol–water partition coefficient (Wildman–Crippen LogP) is 2.88. The van der Waals surface area contributed by atoms with Gasteiger partial charge in [-0.2, -0.15) is 0 Å². The monoisotopic (exact) mass is 351 g/mol. The van der Waals surface area contributed by atoms with E-state index in [0.29, 0.717) is 24.5 Å². The first-order valence-electron chi connectivity index (χ1n) is 8.10. The van der Waals surface area contributed by atoms with E-state index in [9.17, 15) is 14.9 Å². The van der Waals surface area contributed by atoms with Gasteiger partial charge in [-0.3, -0.25) is 19.9 Å². The van der Waals surface area contributed by atoms with E-state index in [2.05, 4.69) is 10.3 Å². The minimum Gasteiger partial charge on any atom is -0.489 e. The first kappa shape index (κ1) is 17.3. The molecule has 1 aromatic heterocycles. The van der Waals surface area contributed by atoms with Gasteiger partial charge >= 0.3 is 0 Å². The van der Waals surface area contributed by atoms with Crippen LogP contribution in [0, 0.1) is 10.1 Å². The number of ether oxygens (including phenoxy) is 1. The van der Waals surface area contributed by atoms with Crippen molar-refractivity contribution >= 4 is 22.5 Å². The van der Waals surface area contributed by atoms with Crippen molar-refractivity contribution in [3.63, 3.8) is 0 Å². The zero-order valence-electron chi connectivity index (χ0n) is 13.9. The van der Waals surface area contributed by atoms with E-state index in [1.54, 1.807) is 18.3 Å². The van der Waals surface area contributed by atoms with Gasteiger partial charge in [-0.15, -0.1) is 0 Å². The van der Waals surface area contributed by atoms with Gasteiger partial charge in [0, 0.05) is 23.7 Å². The SMILES string of the molecule is O=C(Cc1ccc([N+](=O)[O-])cc1)NCCOc1cccc2cccnc12. The molecule has 1 N–H and O–H groups in total. The van der Waals surface area contributed by atoms with E-state index < -0.39 is 4.92 Å². The molecule has 1 heterocycles. The van der Waals surface area contributed by atoms with Crippen LogP contribution in [0.2, 0.25) is 0 Å². The molecule has 0 atom stereocenters. The molecule has 132 valence electrons. The highest BCUT2D eigenvalue weighted by Crippen LogP contribution is 2.22. The third-order valence-corrected chi connectivity index (χ3v) is 3.79. The lowest BCUT2D eigenvalue weighted by Crippen LogP contribution is -2.29. The molecule has 0 bridgehead atoms. The van der Waals surface area contributed by atoms with Crippen molar-refractivity contribution in [1.82, 2.24) is 10.3 Å². The van der Waals surface area contributed by atoms with Gasteiger partial charge in [-0.05, 0) is 17.7 Å². The van der Waals surface area contributed by atoms with Crippen molar-refractivity contribution < 1.29 is 14.5 Å². The molecule has 0 saturated heterocycles. The highest BCUT2D eigenvalue weighted by molar-refractivity contribution is 5.84. The van der Waals surface area contributed by atoms with Gasteiger partial charge in [0.1, 0.15) is 17.9 Å². The number of aromatic nitrogens is 1. The van der Waals surface area contributed by atoms with Crippen LogP contribution >= 0.6 is 0 Å². The summed E-state index contributed by atoms with van der Waals surface area (Å²) in [5.41, 5.74) is 1.51. The maximum absolute atomic E-state index is 11.9. The summed E-state index contributed by atoms with van der Waals surface area (Å²) < 4.78 is 5.71. The minimum atomic E-state index is -0.469. The Kier molecular flexibility index (Phi) is 5.38. The fourth-order valence-electron chi connectivity index (χ4n) is 2.53. The number of nitrogens with zero attached hydrogens (tertiary/aromatic N) is 2. The van der Waals surface area contributed by atoms with E-state index in [1.807, 2.05) is 30.3 Å². The summed E-state index contributed by atoms with van der Waals surface area (Å²) in [5, 5.41) is 14.4. The Hall–Kier alpha value is -3.48. The third kappa shape index (κ3) is 4.32. The van der Waals surface area contributed by atoms with Crippen molar-refractivity contribution in [2.45, 2.75) is 6.42 Å². The highest BCUT2D eigenvalue weighted by Gasteiger charge is 2.07. The van der Waals surface area contributed by atoms with Crippen LogP contribution in [0.15, 0.2) is 60.8 Å². The molecule has 0 aliphatic rings. The van der Waals surface area contributed by atoms with Gasteiger partial charge in [0.2, 0.25) is 5.91 Å². The summed E-state index contributed by atoms with van der Waals surface area (Å²) in [6.07, 6.45) is 1.87. The second kappa shape index (κ2) is 8.06. The number of nitrogens with one attached hydrogen (secondary N) is 1. The summed E-state index contributed by atoms with van der Waals surface area (Å²) in [6, 6.07) is 15.5. The number of rotatable bonds is 7. The third-order valence-electron chi connectivity index (χ3n) is 3.79. The Morgan fingerprint density at radius 3 is 2.65 bits per heavy atom. The molecule has 7 nitrogen and oxygen atoms in total. The Balaban J connectivity index is 1.47. The Labute approximate surface area is 149 Å². The van der Waals surface area contributed by atoms with E-state index in [1.165, 1.54) is 12.1 Å². The maximum atomic E-state index is 11.9. The van der Waals surface area contributed by atoms with Crippen molar-refractivity contribution in [2.75, 3.05) is 13.2 Å². The lowest BCUT2D eigenvalue weighted by atomic mass is 10.1. The number of hydrogen-bond acceptors (Lipinski definition) is 5. The number of pyridine rings is 1. The number of carbonyl (C=O) groups is 1. The van der Waals surface area contributed by atoms with E-state index in [0.717, 1.165) is 10.9 Å². The molecule has 0 saturated carbocycles. The number of para-hydroxylation sites is 1. The number of nitro groups is 1. The number of amides is 1. The predicted molar refractivity (Wildman–Crippen MR) is 97.0 cm³/mol. The van der Waals surface area contributed by atoms with Crippen LogP contribution in [-0.4, -0.2) is 29.0 Å².